The first-order valence-electron chi connectivity index (χ1n) is 9.96. The highest BCUT2D eigenvalue weighted by atomic mass is 32.2. The molecule has 1 atom stereocenters. The SMILES string of the molecule is CC[C@H](NC(=S)Nc1ccc(CSc2ccccc2)cc1)c1ccc(C)cc1C. The van der Waals surface area contributed by atoms with Gasteiger partial charge in [-0.2, -0.15) is 0 Å². The lowest BCUT2D eigenvalue weighted by Crippen LogP contribution is -2.32. The smallest absolute Gasteiger partial charge is 0.171 e. The molecule has 0 saturated heterocycles. The van der Waals surface area contributed by atoms with Crippen LogP contribution in [0.3, 0.4) is 0 Å². The van der Waals surface area contributed by atoms with Crippen LogP contribution >= 0.6 is 24.0 Å². The van der Waals surface area contributed by atoms with Crippen molar-refractivity contribution in [1.29, 1.82) is 0 Å². The van der Waals surface area contributed by atoms with Gasteiger partial charge in [-0.05, 0) is 73.4 Å². The molecule has 0 saturated carbocycles. The second-order valence-electron chi connectivity index (χ2n) is 7.22. The summed E-state index contributed by atoms with van der Waals surface area (Å²) in [6, 6.07) is 25.8. The minimum absolute atomic E-state index is 0.206. The third kappa shape index (κ3) is 6.34. The molecule has 0 unspecified atom stereocenters. The Kier molecular flexibility index (Phi) is 7.73. The maximum absolute atomic E-state index is 5.57. The molecule has 0 bridgehead atoms. The second-order valence-corrected chi connectivity index (χ2v) is 8.67. The van der Waals surface area contributed by atoms with Gasteiger partial charge in [0.15, 0.2) is 5.11 Å². The van der Waals surface area contributed by atoms with Crippen molar-refractivity contribution in [3.63, 3.8) is 0 Å². The molecule has 0 aliphatic heterocycles. The molecule has 0 aliphatic rings. The predicted octanol–water partition coefficient (Wildman–Crippen LogP) is 7.03. The van der Waals surface area contributed by atoms with E-state index in [1.807, 2.05) is 17.8 Å². The Morgan fingerprint density at radius 3 is 2.34 bits per heavy atom. The summed E-state index contributed by atoms with van der Waals surface area (Å²) in [7, 11) is 0. The Hall–Kier alpha value is -2.30. The lowest BCUT2D eigenvalue weighted by Gasteiger charge is -2.22. The van der Waals surface area contributed by atoms with E-state index in [9.17, 15) is 0 Å². The van der Waals surface area contributed by atoms with Crippen molar-refractivity contribution in [2.45, 2.75) is 43.9 Å². The van der Waals surface area contributed by atoms with E-state index in [-0.39, 0.29) is 6.04 Å². The standard InChI is InChI=1S/C25H28N2S2/c1-4-24(23-15-10-18(2)16-19(23)3)27-25(28)26-21-13-11-20(12-14-21)17-29-22-8-6-5-7-9-22/h5-16,24H,4,17H2,1-3H3,(H2,26,27,28)/t24-/m0/s1. The monoisotopic (exact) mass is 420 g/mol. The zero-order valence-corrected chi connectivity index (χ0v) is 18.9. The lowest BCUT2D eigenvalue weighted by molar-refractivity contribution is 0.625. The maximum atomic E-state index is 5.57. The number of anilines is 1. The molecule has 150 valence electrons. The first kappa shape index (κ1) is 21.4. The molecule has 4 heteroatoms. The van der Waals surface area contributed by atoms with Crippen LogP contribution in [0.4, 0.5) is 5.69 Å². The zero-order valence-electron chi connectivity index (χ0n) is 17.2. The quantitative estimate of drug-likeness (QED) is 0.316. The van der Waals surface area contributed by atoms with Crippen LogP contribution in [0.2, 0.25) is 0 Å². The molecule has 3 rings (SSSR count). The van der Waals surface area contributed by atoms with Gasteiger partial charge in [0.05, 0.1) is 6.04 Å². The van der Waals surface area contributed by atoms with Gasteiger partial charge in [0.2, 0.25) is 0 Å². The number of thioether (sulfide) groups is 1. The average molecular weight is 421 g/mol. The summed E-state index contributed by atoms with van der Waals surface area (Å²) in [4.78, 5) is 1.29. The third-order valence-corrected chi connectivity index (χ3v) is 6.18. The Balaban J connectivity index is 1.55. The van der Waals surface area contributed by atoms with Crippen LogP contribution in [-0.2, 0) is 5.75 Å². The number of rotatable bonds is 7. The summed E-state index contributed by atoms with van der Waals surface area (Å²) in [5.74, 6) is 0.956. The van der Waals surface area contributed by atoms with Gasteiger partial charge in [0.1, 0.15) is 0 Å². The lowest BCUT2D eigenvalue weighted by atomic mass is 9.98. The van der Waals surface area contributed by atoms with Gasteiger partial charge in [-0.25, -0.2) is 0 Å². The molecule has 2 N–H and O–H groups in total. The van der Waals surface area contributed by atoms with Crippen LogP contribution < -0.4 is 10.6 Å². The molecule has 0 radical (unpaired) electrons. The number of benzene rings is 3. The van der Waals surface area contributed by atoms with Crippen molar-refractivity contribution >= 4 is 34.8 Å². The van der Waals surface area contributed by atoms with E-state index in [2.05, 4.69) is 98.1 Å². The molecule has 2 nitrogen and oxygen atoms in total. The van der Waals surface area contributed by atoms with Crippen LogP contribution in [-0.4, -0.2) is 5.11 Å². The van der Waals surface area contributed by atoms with Gasteiger partial charge in [-0.15, -0.1) is 11.8 Å². The van der Waals surface area contributed by atoms with Crippen molar-refractivity contribution in [3.8, 4) is 0 Å². The molecule has 0 aromatic heterocycles. The number of nitrogens with one attached hydrogen (secondary N) is 2. The van der Waals surface area contributed by atoms with Gasteiger partial charge in [-0.1, -0.05) is 61.0 Å². The van der Waals surface area contributed by atoms with Crippen molar-refractivity contribution < 1.29 is 0 Å². The Bertz CT molecular complexity index is 937. The Labute approximate surface area is 184 Å². The molecule has 0 aliphatic carbocycles. The topological polar surface area (TPSA) is 24.1 Å². The second kappa shape index (κ2) is 10.5. The maximum Gasteiger partial charge on any atom is 0.171 e. The van der Waals surface area contributed by atoms with Gasteiger partial charge in [0.25, 0.3) is 0 Å². The largest absolute Gasteiger partial charge is 0.356 e. The fraction of sp³-hybridized carbons (Fsp3) is 0.240. The molecule has 0 amide bonds. The van der Waals surface area contributed by atoms with E-state index in [1.165, 1.54) is 27.1 Å². The summed E-state index contributed by atoms with van der Waals surface area (Å²) in [6.07, 6.45) is 0.974. The van der Waals surface area contributed by atoms with E-state index in [1.54, 1.807) is 0 Å². The molecule has 3 aromatic carbocycles. The summed E-state index contributed by atoms with van der Waals surface area (Å²) in [5.41, 5.74) is 6.19. The van der Waals surface area contributed by atoms with Crippen LogP contribution in [0.5, 0.6) is 0 Å². The van der Waals surface area contributed by atoms with E-state index in [0.29, 0.717) is 5.11 Å². The Morgan fingerprint density at radius 2 is 1.69 bits per heavy atom. The predicted molar refractivity (Wildman–Crippen MR) is 131 cm³/mol. The number of thiocarbonyl (C=S) groups is 1. The summed E-state index contributed by atoms with van der Waals surface area (Å²) in [5, 5.41) is 7.45. The number of aryl methyl sites for hydroxylation is 2. The molecular weight excluding hydrogens is 392 g/mol. The van der Waals surface area contributed by atoms with Crippen LogP contribution in [0.25, 0.3) is 0 Å². The average Bonchev–Trinajstić information content (AvgIpc) is 2.73. The van der Waals surface area contributed by atoms with Crippen molar-refractivity contribution in [3.05, 3.63) is 95.1 Å². The highest BCUT2D eigenvalue weighted by Crippen LogP contribution is 2.24. The third-order valence-electron chi connectivity index (χ3n) is 4.87. The van der Waals surface area contributed by atoms with E-state index < -0.39 is 0 Å². The van der Waals surface area contributed by atoms with Crippen molar-refractivity contribution in [2.75, 3.05) is 5.32 Å². The summed E-state index contributed by atoms with van der Waals surface area (Å²) in [6.45, 7) is 6.47. The number of hydrogen-bond donors (Lipinski definition) is 2. The minimum atomic E-state index is 0.206. The Morgan fingerprint density at radius 1 is 0.966 bits per heavy atom. The highest BCUT2D eigenvalue weighted by Gasteiger charge is 2.13. The summed E-state index contributed by atoms with van der Waals surface area (Å²) < 4.78 is 0. The molecule has 0 spiro atoms. The van der Waals surface area contributed by atoms with Gasteiger partial charge < -0.3 is 10.6 Å². The van der Waals surface area contributed by atoms with Crippen LogP contribution in [0, 0.1) is 13.8 Å². The first-order chi connectivity index (χ1) is 14.0. The minimum Gasteiger partial charge on any atom is -0.356 e. The van der Waals surface area contributed by atoms with Gasteiger partial charge in [-0.3, -0.25) is 0 Å². The van der Waals surface area contributed by atoms with Crippen LogP contribution in [0.15, 0.2) is 77.7 Å². The molecule has 3 aromatic rings. The number of hydrogen-bond acceptors (Lipinski definition) is 2. The summed E-state index contributed by atoms with van der Waals surface area (Å²) >= 11 is 7.42. The van der Waals surface area contributed by atoms with Crippen LogP contribution in [0.1, 0.15) is 41.6 Å². The van der Waals surface area contributed by atoms with Crippen molar-refractivity contribution in [2.24, 2.45) is 0 Å². The molecule has 0 fully saturated rings. The van der Waals surface area contributed by atoms with E-state index in [0.717, 1.165) is 17.9 Å². The highest BCUT2D eigenvalue weighted by molar-refractivity contribution is 7.98. The van der Waals surface area contributed by atoms with E-state index >= 15 is 0 Å². The van der Waals surface area contributed by atoms with Crippen molar-refractivity contribution in [1.82, 2.24) is 5.32 Å². The normalized spacial score (nSPS) is 11.7. The fourth-order valence-corrected chi connectivity index (χ4v) is 4.44. The molecule has 0 heterocycles. The first-order valence-corrected chi connectivity index (χ1v) is 11.4. The zero-order chi connectivity index (χ0) is 20.6. The fourth-order valence-electron chi connectivity index (χ4n) is 3.31. The van der Waals surface area contributed by atoms with E-state index in [4.69, 9.17) is 12.2 Å². The molecule has 29 heavy (non-hydrogen) atoms. The molecular formula is C25H28N2S2. The van der Waals surface area contributed by atoms with Gasteiger partial charge in [0, 0.05) is 16.3 Å². The van der Waals surface area contributed by atoms with Gasteiger partial charge >= 0.3 is 0 Å².